The van der Waals surface area contributed by atoms with Crippen molar-refractivity contribution in [1.82, 2.24) is 9.97 Å². The van der Waals surface area contributed by atoms with Crippen molar-refractivity contribution in [2.24, 2.45) is 5.73 Å². The molecule has 2 rings (SSSR count). The second kappa shape index (κ2) is 5.31. The first-order chi connectivity index (χ1) is 8.20. The molecule has 0 bridgehead atoms. The Morgan fingerprint density at radius 3 is 2.59 bits per heavy atom. The van der Waals surface area contributed by atoms with E-state index in [2.05, 4.69) is 9.97 Å². The smallest absolute Gasteiger partial charge is 0.242 e. The minimum atomic E-state index is 0.254. The SMILES string of the molecule is NCc1nccnc1Oc1ccc(Cl)c(Cl)c1. The van der Waals surface area contributed by atoms with Crippen LogP contribution in [0.4, 0.5) is 0 Å². The van der Waals surface area contributed by atoms with E-state index < -0.39 is 0 Å². The quantitative estimate of drug-likeness (QED) is 0.931. The van der Waals surface area contributed by atoms with Crippen molar-refractivity contribution in [3.05, 3.63) is 46.3 Å². The Balaban J connectivity index is 2.28. The van der Waals surface area contributed by atoms with Gasteiger partial charge in [0.05, 0.1) is 10.0 Å². The molecule has 17 heavy (non-hydrogen) atoms. The van der Waals surface area contributed by atoms with Gasteiger partial charge in [0.15, 0.2) is 0 Å². The lowest BCUT2D eigenvalue weighted by molar-refractivity contribution is 0.452. The number of aromatic nitrogens is 2. The average molecular weight is 270 g/mol. The third-order valence-corrected chi connectivity index (χ3v) is 2.77. The van der Waals surface area contributed by atoms with Crippen molar-refractivity contribution in [2.45, 2.75) is 6.54 Å². The topological polar surface area (TPSA) is 61.0 Å². The minimum absolute atomic E-state index is 0.254. The molecule has 0 unspecified atom stereocenters. The van der Waals surface area contributed by atoms with Gasteiger partial charge in [0.2, 0.25) is 5.88 Å². The van der Waals surface area contributed by atoms with Crippen molar-refractivity contribution in [3.8, 4) is 11.6 Å². The molecule has 0 aliphatic heterocycles. The molecule has 1 heterocycles. The standard InChI is InChI=1S/C11H9Cl2N3O/c12-8-2-1-7(5-9(8)13)17-11-10(6-14)15-3-4-16-11/h1-5H,6,14H2. The van der Waals surface area contributed by atoms with Crippen molar-refractivity contribution in [3.63, 3.8) is 0 Å². The monoisotopic (exact) mass is 269 g/mol. The van der Waals surface area contributed by atoms with Crippen molar-refractivity contribution in [2.75, 3.05) is 0 Å². The molecule has 0 aliphatic carbocycles. The van der Waals surface area contributed by atoms with E-state index in [1.54, 1.807) is 24.4 Å². The molecule has 0 saturated heterocycles. The van der Waals surface area contributed by atoms with E-state index in [-0.39, 0.29) is 6.54 Å². The normalized spacial score (nSPS) is 10.3. The average Bonchev–Trinajstić information content (AvgIpc) is 2.34. The molecular formula is C11H9Cl2N3O. The molecule has 2 aromatic rings. The van der Waals surface area contributed by atoms with Crippen LogP contribution in [0.2, 0.25) is 10.0 Å². The summed E-state index contributed by atoms with van der Waals surface area (Å²) in [5.41, 5.74) is 6.11. The summed E-state index contributed by atoms with van der Waals surface area (Å²) >= 11 is 11.7. The number of halogens is 2. The lowest BCUT2D eigenvalue weighted by Crippen LogP contribution is -2.03. The molecule has 6 heteroatoms. The first-order valence-electron chi connectivity index (χ1n) is 4.83. The van der Waals surface area contributed by atoms with Gasteiger partial charge in [-0.1, -0.05) is 23.2 Å². The van der Waals surface area contributed by atoms with Gasteiger partial charge in [-0.3, -0.25) is 4.98 Å². The maximum atomic E-state index is 5.88. The van der Waals surface area contributed by atoms with E-state index in [0.29, 0.717) is 27.4 Å². The third-order valence-electron chi connectivity index (χ3n) is 2.03. The van der Waals surface area contributed by atoms with Crippen LogP contribution in [0.3, 0.4) is 0 Å². The summed E-state index contributed by atoms with van der Waals surface area (Å²) in [5.74, 6) is 0.906. The number of rotatable bonds is 3. The zero-order valence-electron chi connectivity index (χ0n) is 8.73. The number of benzene rings is 1. The highest BCUT2D eigenvalue weighted by Crippen LogP contribution is 2.29. The van der Waals surface area contributed by atoms with Crippen LogP contribution in [0.15, 0.2) is 30.6 Å². The van der Waals surface area contributed by atoms with E-state index in [9.17, 15) is 0 Å². The molecule has 0 spiro atoms. The van der Waals surface area contributed by atoms with Gasteiger partial charge in [0, 0.05) is 25.0 Å². The number of nitrogens with zero attached hydrogens (tertiary/aromatic N) is 2. The van der Waals surface area contributed by atoms with E-state index in [1.165, 1.54) is 6.20 Å². The molecule has 0 aliphatic rings. The lowest BCUT2D eigenvalue weighted by atomic mass is 10.3. The fraction of sp³-hybridized carbons (Fsp3) is 0.0909. The molecule has 1 aromatic carbocycles. The highest BCUT2D eigenvalue weighted by atomic mass is 35.5. The predicted molar refractivity (Wildman–Crippen MR) is 66.5 cm³/mol. The molecular weight excluding hydrogens is 261 g/mol. The largest absolute Gasteiger partial charge is 0.437 e. The van der Waals surface area contributed by atoms with Gasteiger partial charge >= 0.3 is 0 Å². The summed E-state index contributed by atoms with van der Waals surface area (Å²) in [6.45, 7) is 0.254. The molecule has 88 valence electrons. The Labute approximate surface area is 108 Å². The van der Waals surface area contributed by atoms with E-state index >= 15 is 0 Å². The molecule has 0 saturated carbocycles. The van der Waals surface area contributed by atoms with Crippen molar-refractivity contribution in [1.29, 1.82) is 0 Å². The fourth-order valence-corrected chi connectivity index (χ4v) is 1.52. The van der Waals surface area contributed by atoms with Gasteiger partial charge < -0.3 is 10.5 Å². The summed E-state index contributed by atoms with van der Waals surface area (Å²) in [5, 5.41) is 0.888. The fourth-order valence-electron chi connectivity index (χ4n) is 1.23. The second-order valence-electron chi connectivity index (χ2n) is 3.19. The molecule has 2 N–H and O–H groups in total. The van der Waals surface area contributed by atoms with Crippen LogP contribution < -0.4 is 10.5 Å². The maximum Gasteiger partial charge on any atom is 0.242 e. The van der Waals surface area contributed by atoms with Crippen LogP contribution in [0.5, 0.6) is 11.6 Å². The van der Waals surface area contributed by atoms with E-state index in [4.69, 9.17) is 33.7 Å². The van der Waals surface area contributed by atoms with Crippen LogP contribution in [-0.2, 0) is 6.54 Å². The Kier molecular flexibility index (Phi) is 3.78. The van der Waals surface area contributed by atoms with E-state index in [0.717, 1.165) is 0 Å². The number of nitrogens with two attached hydrogens (primary N) is 1. The van der Waals surface area contributed by atoms with Crippen LogP contribution >= 0.6 is 23.2 Å². The van der Waals surface area contributed by atoms with Gasteiger partial charge in [-0.15, -0.1) is 0 Å². The van der Waals surface area contributed by atoms with E-state index in [1.807, 2.05) is 0 Å². The zero-order valence-corrected chi connectivity index (χ0v) is 10.2. The Hall–Kier alpha value is -1.36. The Bertz CT molecular complexity index is 534. The van der Waals surface area contributed by atoms with Gasteiger partial charge in [-0.25, -0.2) is 4.98 Å². The summed E-state index contributed by atoms with van der Waals surface area (Å²) < 4.78 is 5.54. The van der Waals surface area contributed by atoms with Crippen LogP contribution in [0.1, 0.15) is 5.69 Å². The van der Waals surface area contributed by atoms with Crippen LogP contribution in [0, 0.1) is 0 Å². The highest BCUT2D eigenvalue weighted by molar-refractivity contribution is 6.42. The summed E-state index contributed by atoms with van der Waals surface area (Å²) in [6.07, 6.45) is 3.09. The zero-order chi connectivity index (χ0) is 12.3. The predicted octanol–water partition coefficient (Wildman–Crippen LogP) is 3.03. The Morgan fingerprint density at radius 1 is 1.12 bits per heavy atom. The van der Waals surface area contributed by atoms with Gasteiger partial charge in [0.1, 0.15) is 11.4 Å². The Morgan fingerprint density at radius 2 is 1.88 bits per heavy atom. The van der Waals surface area contributed by atoms with Gasteiger partial charge in [0.25, 0.3) is 0 Å². The van der Waals surface area contributed by atoms with Gasteiger partial charge in [-0.2, -0.15) is 0 Å². The molecule has 1 aromatic heterocycles. The van der Waals surface area contributed by atoms with Gasteiger partial charge in [-0.05, 0) is 12.1 Å². The highest BCUT2D eigenvalue weighted by Gasteiger charge is 2.07. The maximum absolute atomic E-state index is 5.88. The lowest BCUT2D eigenvalue weighted by Gasteiger charge is -2.08. The molecule has 0 amide bonds. The van der Waals surface area contributed by atoms with Crippen LogP contribution in [-0.4, -0.2) is 9.97 Å². The second-order valence-corrected chi connectivity index (χ2v) is 4.00. The minimum Gasteiger partial charge on any atom is -0.437 e. The molecule has 4 nitrogen and oxygen atoms in total. The number of hydrogen-bond acceptors (Lipinski definition) is 4. The van der Waals surface area contributed by atoms with Crippen LogP contribution in [0.25, 0.3) is 0 Å². The van der Waals surface area contributed by atoms with Crippen molar-refractivity contribution < 1.29 is 4.74 Å². The first-order valence-corrected chi connectivity index (χ1v) is 5.59. The van der Waals surface area contributed by atoms with Crippen molar-refractivity contribution >= 4 is 23.2 Å². The molecule has 0 atom stereocenters. The molecule has 0 radical (unpaired) electrons. The summed E-state index contributed by atoms with van der Waals surface area (Å²) in [4.78, 5) is 8.12. The number of hydrogen-bond donors (Lipinski definition) is 1. The first kappa shape index (κ1) is 12.1. The summed E-state index contributed by atoms with van der Waals surface area (Å²) in [6, 6.07) is 4.96. The number of ether oxygens (including phenoxy) is 1. The third kappa shape index (κ3) is 2.85. The summed E-state index contributed by atoms with van der Waals surface area (Å²) in [7, 11) is 0. The molecule has 0 fully saturated rings.